The summed E-state index contributed by atoms with van der Waals surface area (Å²) in [6.45, 7) is 9.11. The SMILES string of the molecule is CC(C)(C)C1N(C(=O)O)CCC12CCN(c1ccc(Br)cc1)C2. The van der Waals surface area contributed by atoms with Crippen LogP contribution in [0.1, 0.15) is 33.6 Å². The van der Waals surface area contributed by atoms with Gasteiger partial charge in [-0.05, 0) is 42.5 Å². The van der Waals surface area contributed by atoms with Gasteiger partial charge < -0.3 is 14.9 Å². The number of halogens is 1. The summed E-state index contributed by atoms with van der Waals surface area (Å²) in [5.74, 6) is 0. The Morgan fingerprint density at radius 1 is 1.22 bits per heavy atom. The second kappa shape index (κ2) is 5.69. The van der Waals surface area contributed by atoms with Crippen molar-refractivity contribution in [1.82, 2.24) is 4.90 Å². The Labute approximate surface area is 146 Å². The molecule has 2 heterocycles. The Bertz CT molecular complexity index is 596. The van der Waals surface area contributed by atoms with Crippen LogP contribution in [0.3, 0.4) is 0 Å². The number of hydrogen-bond acceptors (Lipinski definition) is 2. The number of rotatable bonds is 1. The highest BCUT2D eigenvalue weighted by molar-refractivity contribution is 9.10. The number of nitrogens with zero attached hydrogens (tertiary/aromatic N) is 2. The lowest BCUT2D eigenvalue weighted by atomic mass is 9.68. The van der Waals surface area contributed by atoms with Crippen molar-refractivity contribution >= 4 is 27.7 Å². The molecular weight excluding hydrogens is 356 g/mol. The third-order valence-electron chi connectivity index (χ3n) is 5.39. The van der Waals surface area contributed by atoms with E-state index in [4.69, 9.17) is 0 Å². The van der Waals surface area contributed by atoms with Gasteiger partial charge >= 0.3 is 6.09 Å². The molecule has 1 amide bonds. The zero-order valence-electron chi connectivity index (χ0n) is 14.1. The van der Waals surface area contributed by atoms with Gasteiger partial charge in [0.1, 0.15) is 0 Å². The van der Waals surface area contributed by atoms with Crippen molar-refractivity contribution in [2.24, 2.45) is 10.8 Å². The first-order valence-electron chi connectivity index (χ1n) is 8.23. The lowest BCUT2D eigenvalue weighted by Gasteiger charge is -2.43. The highest BCUT2D eigenvalue weighted by Crippen LogP contribution is 2.51. The molecule has 1 spiro atoms. The second-order valence-electron chi connectivity index (χ2n) is 8.00. The number of carbonyl (C=O) groups is 1. The monoisotopic (exact) mass is 380 g/mol. The van der Waals surface area contributed by atoms with Gasteiger partial charge in [-0.2, -0.15) is 0 Å². The van der Waals surface area contributed by atoms with Crippen LogP contribution >= 0.6 is 15.9 Å². The van der Waals surface area contributed by atoms with E-state index in [9.17, 15) is 9.90 Å². The van der Waals surface area contributed by atoms with E-state index < -0.39 is 6.09 Å². The minimum Gasteiger partial charge on any atom is -0.465 e. The molecule has 2 fully saturated rings. The highest BCUT2D eigenvalue weighted by Gasteiger charge is 2.56. The van der Waals surface area contributed by atoms with E-state index in [1.807, 2.05) is 0 Å². The molecule has 1 aromatic rings. The molecule has 2 aliphatic heterocycles. The van der Waals surface area contributed by atoms with Crippen molar-refractivity contribution in [3.63, 3.8) is 0 Å². The molecule has 3 rings (SSSR count). The zero-order valence-corrected chi connectivity index (χ0v) is 15.6. The first-order valence-corrected chi connectivity index (χ1v) is 9.02. The molecule has 23 heavy (non-hydrogen) atoms. The largest absolute Gasteiger partial charge is 0.465 e. The number of carboxylic acid groups (broad SMARTS) is 1. The first-order chi connectivity index (χ1) is 10.7. The summed E-state index contributed by atoms with van der Waals surface area (Å²) in [5.41, 5.74) is 1.25. The minimum absolute atomic E-state index is 0.0510. The molecule has 0 aliphatic carbocycles. The fraction of sp³-hybridized carbons (Fsp3) is 0.611. The Kier molecular flexibility index (Phi) is 4.11. The summed E-state index contributed by atoms with van der Waals surface area (Å²) in [7, 11) is 0. The second-order valence-corrected chi connectivity index (χ2v) is 8.92. The van der Waals surface area contributed by atoms with Crippen LogP contribution in [0.5, 0.6) is 0 Å². The fourth-order valence-corrected chi connectivity index (χ4v) is 4.99. The van der Waals surface area contributed by atoms with Crippen LogP contribution in [0.4, 0.5) is 10.5 Å². The van der Waals surface area contributed by atoms with Crippen molar-refractivity contribution in [3.8, 4) is 0 Å². The number of likely N-dealkylation sites (tertiary alicyclic amines) is 1. The van der Waals surface area contributed by atoms with E-state index >= 15 is 0 Å². The first kappa shape index (κ1) is 16.6. The summed E-state index contributed by atoms with van der Waals surface area (Å²) in [6, 6.07) is 8.49. The zero-order chi connectivity index (χ0) is 16.8. The lowest BCUT2D eigenvalue weighted by Crippen LogP contribution is -2.51. The minimum atomic E-state index is -0.774. The molecule has 2 unspecified atom stereocenters. The third-order valence-corrected chi connectivity index (χ3v) is 5.91. The summed E-state index contributed by atoms with van der Waals surface area (Å²) >= 11 is 3.48. The molecular formula is C18H25BrN2O2. The highest BCUT2D eigenvalue weighted by atomic mass is 79.9. The fourth-order valence-electron chi connectivity index (χ4n) is 4.73. The maximum absolute atomic E-state index is 11.7. The molecule has 2 atom stereocenters. The predicted molar refractivity (Wildman–Crippen MR) is 96.0 cm³/mol. The van der Waals surface area contributed by atoms with E-state index in [0.717, 1.165) is 30.4 Å². The molecule has 4 nitrogen and oxygen atoms in total. The molecule has 5 heteroatoms. The van der Waals surface area contributed by atoms with Crippen LogP contribution in [0.25, 0.3) is 0 Å². The third kappa shape index (κ3) is 2.95. The van der Waals surface area contributed by atoms with Crippen LogP contribution in [0.15, 0.2) is 28.7 Å². The average Bonchev–Trinajstić information content (AvgIpc) is 3.04. The van der Waals surface area contributed by atoms with Gasteiger partial charge in [0, 0.05) is 41.3 Å². The van der Waals surface area contributed by atoms with Crippen LogP contribution in [-0.2, 0) is 0 Å². The topological polar surface area (TPSA) is 43.8 Å². The van der Waals surface area contributed by atoms with Crippen LogP contribution in [0, 0.1) is 10.8 Å². The van der Waals surface area contributed by atoms with Gasteiger partial charge in [0.05, 0.1) is 0 Å². The maximum atomic E-state index is 11.7. The van der Waals surface area contributed by atoms with Crippen LogP contribution < -0.4 is 4.90 Å². The van der Waals surface area contributed by atoms with Gasteiger partial charge in [-0.3, -0.25) is 0 Å². The summed E-state index contributed by atoms with van der Waals surface area (Å²) < 4.78 is 1.08. The Hall–Kier alpha value is -1.23. The Morgan fingerprint density at radius 3 is 2.39 bits per heavy atom. The maximum Gasteiger partial charge on any atom is 0.407 e. The molecule has 0 bridgehead atoms. The quantitative estimate of drug-likeness (QED) is 0.782. The van der Waals surface area contributed by atoms with Gasteiger partial charge in [-0.1, -0.05) is 36.7 Å². The molecule has 0 radical (unpaired) electrons. The smallest absolute Gasteiger partial charge is 0.407 e. The lowest BCUT2D eigenvalue weighted by molar-refractivity contribution is 0.0615. The van der Waals surface area contributed by atoms with Crippen molar-refractivity contribution in [2.45, 2.75) is 39.7 Å². The summed E-state index contributed by atoms with van der Waals surface area (Å²) in [5, 5.41) is 9.61. The molecule has 126 valence electrons. The Balaban J connectivity index is 1.87. The molecule has 2 aliphatic rings. The van der Waals surface area contributed by atoms with E-state index in [1.54, 1.807) is 4.90 Å². The molecule has 2 saturated heterocycles. The average molecular weight is 381 g/mol. The number of hydrogen-bond donors (Lipinski definition) is 1. The van der Waals surface area contributed by atoms with Gasteiger partial charge in [0.15, 0.2) is 0 Å². The van der Waals surface area contributed by atoms with Crippen LogP contribution in [-0.4, -0.2) is 41.8 Å². The van der Waals surface area contributed by atoms with Crippen molar-refractivity contribution in [1.29, 1.82) is 0 Å². The predicted octanol–water partition coefficient (Wildman–Crippen LogP) is 4.44. The van der Waals surface area contributed by atoms with E-state index in [1.165, 1.54) is 5.69 Å². The molecule has 1 aromatic carbocycles. The van der Waals surface area contributed by atoms with Gasteiger partial charge in [-0.15, -0.1) is 0 Å². The van der Waals surface area contributed by atoms with E-state index in [-0.39, 0.29) is 16.9 Å². The molecule has 0 saturated carbocycles. The number of anilines is 1. The standard InChI is InChI=1S/C18H25BrN2O2/c1-17(2,3)15-18(9-11-21(15)16(22)23)8-10-20(12-18)14-6-4-13(19)5-7-14/h4-7,15H,8-12H2,1-3H3,(H,22,23). The van der Waals surface area contributed by atoms with Crippen molar-refractivity contribution in [3.05, 3.63) is 28.7 Å². The van der Waals surface area contributed by atoms with Crippen LogP contribution in [0.2, 0.25) is 0 Å². The van der Waals surface area contributed by atoms with Crippen molar-refractivity contribution in [2.75, 3.05) is 24.5 Å². The Morgan fingerprint density at radius 2 is 1.83 bits per heavy atom. The van der Waals surface area contributed by atoms with Gasteiger partial charge in [0.25, 0.3) is 0 Å². The van der Waals surface area contributed by atoms with E-state index in [0.29, 0.717) is 6.54 Å². The molecule has 0 aromatic heterocycles. The number of benzene rings is 1. The summed E-state index contributed by atoms with van der Waals surface area (Å²) in [6.07, 6.45) is 1.26. The summed E-state index contributed by atoms with van der Waals surface area (Å²) in [4.78, 5) is 15.8. The van der Waals surface area contributed by atoms with Crippen molar-refractivity contribution < 1.29 is 9.90 Å². The van der Waals surface area contributed by atoms with E-state index in [2.05, 4.69) is 65.9 Å². The van der Waals surface area contributed by atoms with Gasteiger partial charge in [-0.25, -0.2) is 4.79 Å². The molecule has 1 N–H and O–H groups in total. The van der Waals surface area contributed by atoms with Gasteiger partial charge in [0.2, 0.25) is 0 Å². The normalized spacial score (nSPS) is 27.9. The number of amides is 1.